The quantitative estimate of drug-likeness (QED) is 0.894. The van der Waals surface area contributed by atoms with Crippen molar-refractivity contribution >= 4 is 24.0 Å². The van der Waals surface area contributed by atoms with Gasteiger partial charge in [-0.3, -0.25) is 4.90 Å². The Morgan fingerprint density at radius 2 is 1.84 bits per heavy atom. The van der Waals surface area contributed by atoms with E-state index in [0.717, 1.165) is 24.0 Å². The van der Waals surface area contributed by atoms with E-state index < -0.39 is 0 Å². The summed E-state index contributed by atoms with van der Waals surface area (Å²) in [4.78, 5) is 2.54. The molecule has 2 rings (SSSR count). The summed E-state index contributed by atoms with van der Waals surface area (Å²) in [6.45, 7) is 7.99. The van der Waals surface area contributed by atoms with Crippen molar-refractivity contribution in [1.29, 1.82) is 0 Å². The highest BCUT2D eigenvalue weighted by atomic mass is 35.5. The lowest BCUT2D eigenvalue weighted by molar-refractivity contribution is 0.207. The highest BCUT2D eigenvalue weighted by molar-refractivity contribution is 6.30. The molecule has 1 N–H and O–H groups in total. The molecule has 0 spiro atoms. The number of piperidine rings is 1. The van der Waals surface area contributed by atoms with Crippen LogP contribution >= 0.6 is 24.0 Å². The van der Waals surface area contributed by atoms with E-state index in [0.29, 0.717) is 0 Å². The lowest BCUT2D eigenvalue weighted by atomic mass is 9.97. The fraction of sp³-hybridized carbons (Fsp3) is 0.600. The van der Waals surface area contributed by atoms with E-state index in [1.54, 1.807) is 0 Å². The monoisotopic (exact) mass is 302 g/mol. The van der Waals surface area contributed by atoms with Gasteiger partial charge in [0.15, 0.2) is 0 Å². The van der Waals surface area contributed by atoms with Crippen LogP contribution in [0.5, 0.6) is 0 Å². The Labute approximate surface area is 127 Å². The number of nitrogens with one attached hydrogen (secondary N) is 1. The first-order valence-electron chi connectivity index (χ1n) is 6.95. The van der Waals surface area contributed by atoms with Gasteiger partial charge in [0.1, 0.15) is 0 Å². The summed E-state index contributed by atoms with van der Waals surface area (Å²) in [6, 6.07) is 8.23. The van der Waals surface area contributed by atoms with Gasteiger partial charge in [-0.15, -0.1) is 12.4 Å². The van der Waals surface area contributed by atoms with Gasteiger partial charge in [-0.25, -0.2) is 0 Å². The van der Waals surface area contributed by atoms with Gasteiger partial charge in [0.05, 0.1) is 0 Å². The Morgan fingerprint density at radius 1 is 1.21 bits per heavy atom. The zero-order valence-corrected chi connectivity index (χ0v) is 13.1. The van der Waals surface area contributed by atoms with Gasteiger partial charge in [0.2, 0.25) is 0 Å². The van der Waals surface area contributed by atoms with Crippen LogP contribution in [0.4, 0.5) is 0 Å². The SMILES string of the molecule is CCN(Cc1ccc(Cl)cc1)CC1CCNCC1.Cl. The first kappa shape index (κ1) is 16.8. The van der Waals surface area contributed by atoms with Crippen molar-refractivity contribution < 1.29 is 0 Å². The summed E-state index contributed by atoms with van der Waals surface area (Å²) in [5.41, 5.74) is 1.36. The number of rotatable bonds is 5. The maximum atomic E-state index is 5.92. The lowest BCUT2D eigenvalue weighted by Gasteiger charge is -2.29. The molecule has 0 unspecified atom stereocenters. The van der Waals surface area contributed by atoms with Crippen LogP contribution in [0.3, 0.4) is 0 Å². The van der Waals surface area contributed by atoms with Gasteiger partial charge in [-0.2, -0.15) is 0 Å². The van der Waals surface area contributed by atoms with Crippen molar-refractivity contribution in [1.82, 2.24) is 10.2 Å². The van der Waals surface area contributed by atoms with Crippen molar-refractivity contribution in [3.8, 4) is 0 Å². The van der Waals surface area contributed by atoms with Crippen molar-refractivity contribution in [3.05, 3.63) is 34.9 Å². The van der Waals surface area contributed by atoms with E-state index in [1.807, 2.05) is 12.1 Å². The number of nitrogens with zero attached hydrogens (tertiary/aromatic N) is 1. The van der Waals surface area contributed by atoms with Crippen LogP contribution < -0.4 is 5.32 Å². The summed E-state index contributed by atoms with van der Waals surface area (Å²) in [5, 5.41) is 4.25. The van der Waals surface area contributed by atoms with Crippen LogP contribution in [0.25, 0.3) is 0 Å². The van der Waals surface area contributed by atoms with E-state index in [-0.39, 0.29) is 12.4 Å². The second kappa shape index (κ2) is 8.80. The maximum absolute atomic E-state index is 5.92. The largest absolute Gasteiger partial charge is 0.317 e. The Hall–Kier alpha value is -0.280. The summed E-state index contributed by atoms with van der Waals surface area (Å²) in [7, 11) is 0. The van der Waals surface area contributed by atoms with Gasteiger partial charge in [0, 0.05) is 18.1 Å². The number of benzene rings is 1. The fourth-order valence-corrected chi connectivity index (χ4v) is 2.71. The molecule has 1 aromatic rings. The second-order valence-electron chi connectivity index (χ2n) is 5.15. The first-order valence-corrected chi connectivity index (χ1v) is 7.33. The molecule has 2 nitrogen and oxygen atoms in total. The van der Waals surface area contributed by atoms with E-state index in [2.05, 4.69) is 29.3 Å². The standard InChI is InChI=1S/C15H23ClN2.ClH/c1-2-18(12-14-7-9-17-10-8-14)11-13-3-5-15(16)6-4-13;/h3-6,14,17H,2,7-12H2,1H3;1H. The van der Waals surface area contributed by atoms with Crippen molar-refractivity contribution in [3.63, 3.8) is 0 Å². The van der Waals surface area contributed by atoms with Crippen LogP contribution in [0.2, 0.25) is 5.02 Å². The van der Waals surface area contributed by atoms with Crippen LogP contribution in [0.1, 0.15) is 25.3 Å². The molecule has 1 aliphatic rings. The Balaban J connectivity index is 0.00000180. The molecule has 1 saturated heterocycles. The molecule has 108 valence electrons. The molecule has 1 aliphatic heterocycles. The van der Waals surface area contributed by atoms with Crippen molar-refractivity contribution in [2.75, 3.05) is 26.2 Å². The topological polar surface area (TPSA) is 15.3 Å². The summed E-state index contributed by atoms with van der Waals surface area (Å²) < 4.78 is 0. The fourth-order valence-electron chi connectivity index (χ4n) is 2.58. The van der Waals surface area contributed by atoms with E-state index >= 15 is 0 Å². The molecule has 1 fully saturated rings. The molecule has 0 radical (unpaired) electrons. The summed E-state index contributed by atoms with van der Waals surface area (Å²) >= 11 is 5.92. The van der Waals surface area contributed by atoms with Gasteiger partial charge >= 0.3 is 0 Å². The van der Waals surface area contributed by atoms with Gasteiger partial charge in [-0.1, -0.05) is 30.7 Å². The van der Waals surface area contributed by atoms with Gasteiger partial charge in [-0.05, 0) is 56.1 Å². The Morgan fingerprint density at radius 3 is 2.42 bits per heavy atom. The van der Waals surface area contributed by atoms with E-state index in [1.165, 1.54) is 38.0 Å². The predicted octanol–water partition coefficient (Wildman–Crippen LogP) is 3.58. The molecule has 4 heteroatoms. The highest BCUT2D eigenvalue weighted by Crippen LogP contribution is 2.16. The average Bonchev–Trinajstić information content (AvgIpc) is 2.41. The molecule has 0 amide bonds. The minimum Gasteiger partial charge on any atom is -0.317 e. The molecule has 1 aromatic carbocycles. The maximum Gasteiger partial charge on any atom is 0.0406 e. The minimum absolute atomic E-state index is 0. The second-order valence-corrected chi connectivity index (χ2v) is 5.58. The first-order chi connectivity index (χ1) is 8.78. The third-order valence-electron chi connectivity index (χ3n) is 3.74. The van der Waals surface area contributed by atoms with Gasteiger partial charge in [0.25, 0.3) is 0 Å². The summed E-state index contributed by atoms with van der Waals surface area (Å²) in [5.74, 6) is 0.860. The third kappa shape index (κ3) is 5.70. The smallest absolute Gasteiger partial charge is 0.0406 e. The third-order valence-corrected chi connectivity index (χ3v) is 3.99. The predicted molar refractivity (Wildman–Crippen MR) is 85.2 cm³/mol. The van der Waals surface area contributed by atoms with Crippen LogP contribution in [0.15, 0.2) is 24.3 Å². The van der Waals surface area contributed by atoms with E-state index in [9.17, 15) is 0 Å². The average molecular weight is 303 g/mol. The zero-order valence-electron chi connectivity index (χ0n) is 11.6. The van der Waals surface area contributed by atoms with Crippen LogP contribution in [-0.2, 0) is 6.54 Å². The molecule has 19 heavy (non-hydrogen) atoms. The number of halogens is 2. The molecule has 0 saturated carbocycles. The summed E-state index contributed by atoms with van der Waals surface area (Å²) in [6.07, 6.45) is 2.63. The van der Waals surface area contributed by atoms with E-state index in [4.69, 9.17) is 11.6 Å². The molecule has 0 bridgehead atoms. The molecule has 0 aliphatic carbocycles. The molecular weight excluding hydrogens is 279 g/mol. The van der Waals surface area contributed by atoms with Crippen molar-refractivity contribution in [2.45, 2.75) is 26.3 Å². The Kier molecular flexibility index (Phi) is 7.77. The molecule has 0 atom stereocenters. The minimum atomic E-state index is 0. The number of hydrogen-bond donors (Lipinski definition) is 1. The van der Waals surface area contributed by atoms with Gasteiger partial charge < -0.3 is 5.32 Å². The zero-order chi connectivity index (χ0) is 12.8. The highest BCUT2D eigenvalue weighted by Gasteiger charge is 2.16. The lowest BCUT2D eigenvalue weighted by Crippen LogP contribution is -2.35. The normalized spacial score (nSPS) is 16.4. The number of hydrogen-bond acceptors (Lipinski definition) is 2. The van der Waals surface area contributed by atoms with Crippen LogP contribution in [0, 0.1) is 5.92 Å². The Bertz CT molecular complexity index is 348. The van der Waals surface area contributed by atoms with Crippen LogP contribution in [-0.4, -0.2) is 31.1 Å². The molecular formula is C15H24Cl2N2. The molecule has 1 heterocycles. The molecule has 0 aromatic heterocycles. The van der Waals surface area contributed by atoms with Crippen molar-refractivity contribution in [2.24, 2.45) is 5.92 Å².